The Kier molecular flexibility index (Phi) is 5.11. The molecule has 0 aromatic heterocycles. The Morgan fingerprint density at radius 2 is 1.94 bits per heavy atom. The molecule has 0 radical (unpaired) electrons. The lowest BCUT2D eigenvalue weighted by molar-refractivity contribution is 0.162. The molecule has 106 valence electrons. The van der Waals surface area contributed by atoms with E-state index in [1.54, 1.807) is 0 Å². The maximum atomic E-state index is 12.0. The highest BCUT2D eigenvalue weighted by atomic mass is 32.2. The average molecular weight is 293 g/mol. The number of hydrogen-bond acceptors (Lipinski definition) is 4. The maximum absolute atomic E-state index is 12.0. The van der Waals surface area contributed by atoms with Gasteiger partial charge in [-0.15, -0.1) is 0 Å². The van der Waals surface area contributed by atoms with E-state index in [4.69, 9.17) is 18.0 Å². The molecule has 18 heavy (non-hydrogen) atoms. The van der Waals surface area contributed by atoms with Crippen molar-refractivity contribution in [2.45, 2.75) is 43.4 Å². The van der Waals surface area contributed by atoms with Crippen molar-refractivity contribution in [3.05, 3.63) is 0 Å². The molecule has 1 atom stereocenters. The summed E-state index contributed by atoms with van der Waals surface area (Å²) in [7, 11) is 0.532. The Hall–Kier alpha value is -0.240. The van der Waals surface area contributed by atoms with Crippen molar-refractivity contribution < 1.29 is 8.42 Å². The highest BCUT2D eigenvalue weighted by Gasteiger charge is 2.37. The van der Waals surface area contributed by atoms with Crippen LogP contribution >= 0.6 is 12.2 Å². The van der Waals surface area contributed by atoms with Gasteiger partial charge < -0.3 is 10.6 Å². The van der Waals surface area contributed by atoms with E-state index >= 15 is 0 Å². The van der Waals surface area contributed by atoms with Gasteiger partial charge in [0.1, 0.15) is 5.25 Å². The van der Waals surface area contributed by atoms with Crippen LogP contribution in [0.5, 0.6) is 0 Å². The van der Waals surface area contributed by atoms with Crippen LogP contribution in [-0.2, 0) is 10.0 Å². The quantitative estimate of drug-likeness (QED) is 0.696. The zero-order chi connectivity index (χ0) is 14.0. The fourth-order valence-electron chi connectivity index (χ4n) is 2.33. The van der Waals surface area contributed by atoms with Crippen molar-refractivity contribution in [3.63, 3.8) is 0 Å². The van der Waals surface area contributed by atoms with Crippen molar-refractivity contribution in [1.29, 1.82) is 0 Å². The molecule has 0 aromatic rings. The molecule has 0 aromatic carbocycles. The van der Waals surface area contributed by atoms with Gasteiger partial charge in [-0.25, -0.2) is 13.1 Å². The van der Waals surface area contributed by atoms with E-state index in [9.17, 15) is 8.42 Å². The number of likely N-dealkylation sites (N-methyl/N-ethyl adjacent to an activating group) is 1. The van der Waals surface area contributed by atoms with Crippen molar-refractivity contribution in [1.82, 2.24) is 9.62 Å². The van der Waals surface area contributed by atoms with Gasteiger partial charge in [-0.05, 0) is 33.9 Å². The van der Waals surface area contributed by atoms with E-state index in [0.29, 0.717) is 6.54 Å². The van der Waals surface area contributed by atoms with Crippen LogP contribution < -0.4 is 10.5 Å². The van der Waals surface area contributed by atoms with E-state index in [1.807, 2.05) is 14.1 Å². The summed E-state index contributed by atoms with van der Waals surface area (Å²) in [6.45, 7) is 1.94. The van der Waals surface area contributed by atoms with Crippen LogP contribution in [0.25, 0.3) is 0 Å². The summed E-state index contributed by atoms with van der Waals surface area (Å²) in [5.41, 5.74) is 5.33. The van der Waals surface area contributed by atoms with Crippen LogP contribution in [-0.4, -0.2) is 49.7 Å². The maximum Gasteiger partial charge on any atom is 0.220 e. The summed E-state index contributed by atoms with van der Waals surface area (Å²) >= 11 is 4.74. The molecule has 0 aliphatic heterocycles. The molecule has 1 fully saturated rings. The first-order chi connectivity index (χ1) is 8.21. The minimum Gasteiger partial charge on any atom is -0.392 e. The van der Waals surface area contributed by atoms with Gasteiger partial charge >= 0.3 is 0 Å². The number of thiocarbonyl (C=S) groups is 1. The van der Waals surface area contributed by atoms with Gasteiger partial charge in [-0.2, -0.15) is 0 Å². The smallest absolute Gasteiger partial charge is 0.220 e. The first kappa shape index (κ1) is 15.8. The van der Waals surface area contributed by atoms with Crippen molar-refractivity contribution >= 4 is 27.2 Å². The summed E-state index contributed by atoms with van der Waals surface area (Å²) in [5, 5.41) is -0.826. The highest BCUT2D eigenvalue weighted by Crippen LogP contribution is 2.33. The van der Waals surface area contributed by atoms with Gasteiger partial charge in [0.2, 0.25) is 10.0 Å². The second kappa shape index (κ2) is 5.81. The van der Waals surface area contributed by atoms with E-state index in [1.165, 1.54) is 6.92 Å². The number of nitrogens with one attached hydrogen (secondary N) is 1. The molecule has 1 aliphatic rings. The fourth-order valence-corrected chi connectivity index (χ4v) is 3.73. The zero-order valence-corrected chi connectivity index (χ0v) is 12.9. The predicted octanol–water partition coefficient (Wildman–Crippen LogP) is 0.455. The number of sulfonamides is 1. The monoisotopic (exact) mass is 293 g/mol. The number of nitrogens with two attached hydrogens (primary N) is 1. The largest absolute Gasteiger partial charge is 0.392 e. The van der Waals surface area contributed by atoms with E-state index in [2.05, 4.69) is 9.62 Å². The molecule has 1 saturated carbocycles. The summed E-state index contributed by atoms with van der Waals surface area (Å²) in [4.78, 5) is 2.13. The Balaban J connectivity index is 2.72. The van der Waals surface area contributed by atoms with Crippen LogP contribution in [0, 0.1) is 0 Å². The van der Waals surface area contributed by atoms with Crippen LogP contribution in [0.1, 0.15) is 32.6 Å². The molecule has 0 amide bonds. The SMILES string of the molecule is CC(C(N)=S)S(=O)(=O)NCC1(N(C)C)CCCC1. The van der Waals surface area contributed by atoms with Crippen LogP contribution in [0.15, 0.2) is 0 Å². The molecular formula is C11H23N3O2S2. The second-order valence-corrected chi connectivity index (χ2v) is 7.79. The normalized spacial score (nSPS) is 21.1. The molecule has 0 bridgehead atoms. The fraction of sp³-hybridized carbons (Fsp3) is 0.909. The average Bonchev–Trinajstić information content (AvgIpc) is 2.75. The minimum atomic E-state index is -3.46. The van der Waals surface area contributed by atoms with Gasteiger partial charge in [0.25, 0.3) is 0 Å². The predicted molar refractivity (Wildman–Crippen MR) is 78.1 cm³/mol. The second-order valence-electron chi connectivity index (χ2n) is 5.24. The summed E-state index contributed by atoms with van der Waals surface area (Å²) in [6, 6.07) is 0. The third-order valence-corrected chi connectivity index (χ3v) is 6.19. The van der Waals surface area contributed by atoms with Gasteiger partial charge in [0.15, 0.2) is 0 Å². The van der Waals surface area contributed by atoms with Crippen LogP contribution in [0.4, 0.5) is 0 Å². The topological polar surface area (TPSA) is 75.4 Å². The first-order valence-electron chi connectivity index (χ1n) is 6.16. The Morgan fingerprint density at radius 1 is 1.44 bits per heavy atom. The molecule has 1 aliphatic carbocycles. The highest BCUT2D eigenvalue weighted by molar-refractivity contribution is 7.93. The molecule has 0 heterocycles. The van der Waals surface area contributed by atoms with Crippen molar-refractivity contribution in [3.8, 4) is 0 Å². The minimum absolute atomic E-state index is 0.00725. The van der Waals surface area contributed by atoms with Crippen LogP contribution in [0.2, 0.25) is 0 Å². The Bertz CT molecular complexity index is 401. The lowest BCUT2D eigenvalue weighted by Gasteiger charge is -2.36. The summed E-state index contributed by atoms with van der Waals surface area (Å²) in [5.74, 6) is 0. The van der Waals surface area contributed by atoms with Crippen LogP contribution in [0.3, 0.4) is 0 Å². The van der Waals surface area contributed by atoms with Crippen molar-refractivity contribution in [2.24, 2.45) is 5.73 Å². The van der Waals surface area contributed by atoms with E-state index in [-0.39, 0.29) is 10.5 Å². The third kappa shape index (κ3) is 3.40. The number of nitrogens with zero attached hydrogens (tertiary/aromatic N) is 1. The Labute approximate surface area is 115 Å². The molecule has 7 heteroatoms. The molecule has 0 spiro atoms. The standard InChI is InChI=1S/C11H23N3O2S2/c1-9(10(12)17)18(15,16)13-8-11(14(2)3)6-4-5-7-11/h9,13H,4-8H2,1-3H3,(H2,12,17). The molecule has 0 saturated heterocycles. The summed E-state index contributed by atoms with van der Waals surface area (Å²) in [6.07, 6.45) is 4.32. The Morgan fingerprint density at radius 3 is 2.33 bits per heavy atom. The lowest BCUT2D eigenvalue weighted by Crippen LogP contribution is -2.52. The zero-order valence-electron chi connectivity index (χ0n) is 11.3. The molecule has 1 rings (SSSR count). The van der Waals surface area contributed by atoms with E-state index < -0.39 is 15.3 Å². The third-order valence-electron chi connectivity index (χ3n) is 3.95. The molecule has 1 unspecified atom stereocenters. The number of hydrogen-bond donors (Lipinski definition) is 2. The number of rotatable bonds is 6. The first-order valence-corrected chi connectivity index (χ1v) is 8.12. The molecular weight excluding hydrogens is 270 g/mol. The van der Waals surface area contributed by atoms with Crippen molar-refractivity contribution in [2.75, 3.05) is 20.6 Å². The summed E-state index contributed by atoms with van der Waals surface area (Å²) < 4.78 is 26.7. The van der Waals surface area contributed by atoms with Gasteiger partial charge in [0.05, 0.1) is 4.99 Å². The molecule has 3 N–H and O–H groups in total. The van der Waals surface area contributed by atoms with Gasteiger partial charge in [-0.1, -0.05) is 25.1 Å². The van der Waals surface area contributed by atoms with Gasteiger partial charge in [-0.3, -0.25) is 0 Å². The van der Waals surface area contributed by atoms with E-state index in [0.717, 1.165) is 25.7 Å². The molecule has 5 nitrogen and oxygen atoms in total. The lowest BCUT2D eigenvalue weighted by atomic mass is 9.97. The van der Waals surface area contributed by atoms with Gasteiger partial charge in [0, 0.05) is 12.1 Å².